The quantitative estimate of drug-likeness (QED) is 0.0497. The highest BCUT2D eigenvalue weighted by Crippen LogP contribution is 2.28. The zero-order valence-corrected chi connectivity index (χ0v) is 31.2. The summed E-state index contributed by atoms with van der Waals surface area (Å²) < 4.78 is 3.00. The molecule has 0 N–H and O–H groups in total. The fourth-order valence-corrected chi connectivity index (χ4v) is 8.61. The summed E-state index contributed by atoms with van der Waals surface area (Å²) in [6.45, 7) is 16.6. The fraction of sp³-hybridized carbons (Fsp3) is 1.00. The van der Waals surface area contributed by atoms with Gasteiger partial charge in [0.25, 0.3) is 0 Å². The molecule has 262 valence electrons. The second kappa shape index (κ2) is 28.0. The SMILES string of the molecule is CCCCCCCCCCCCCCCCCC[N+]12CC[N+](CCCCCCCCCCCCCCCCCC)(CC1)CC2. The minimum absolute atomic E-state index is 1.37. The Morgan fingerprint density at radius 2 is 0.386 bits per heavy atom. The van der Waals surface area contributed by atoms with Gasteiger partial charge in [-0.05, 0) is 25.7 Å². The Hall–Kier alpha value is -0.0800. The molecule has 3 heterocycles. The molecule has 3 fully saturated rings. The van der Waals surface area contributed by atoms with E-state index >= 15 is 0 Å². The number of nitrogens with zero attached hydrogens (tertiary/aromatic N) is 2. The smallest absolute Gasteiger partial charge is 0.129 e. The normalized spacial score (nSPS) is 21.4. The van der Waals surface area contributed by atoms with Gasteiger partial charge >= 0.3 is 0 Å². The van der Waals surface area contributed by atoms with Crippen molar-refractivity contribution in [3.05, 3.63) is 0 Å². The molecule has 0 unspecified atom stereocenters. The number of fused-ring (bicyclic) bond motifs is 3. The van der Waals surface area contributed by atoms with E-state index in [9.17, 15) is 0 Å². The van der Waals surface area contributed by atoms with Crippen LogP contribution in [0.2, 0.25) is 0 Å². The van der Waals surface area contributed by atoms with Crippen molar-refractivity contribution in [1.29, 1.82) is 0 Å². The van der Waals surface area contributed by atoms with Crippen molar-refractivity contribution in [1.82, 2.24) is 0 Å². The molecule has 0 spiro atoms. The molecule has 3 aliphatic rings. The largest absolute Gasteiger partial charge is 0.310 e. The Morgan fingerprint density at radius 1 is 0.227 bits per heavy atom. The Balaban J connectivity index is 1.31. The summed E-state index contributed by atoms with van der Waals surface area (Å²) in [5.74, 6) is 0. The van der Waals surface area contributed by atoms with Crippen LogP contribution in [0.4, 0.5) is 0 Å². The number of hydrogen-bond acceptors (Lipinski definition) is 0. The maximum Gasteiger partial charge on any atom is 0.129 e. The van der Waals surface area contributed by atoms with Gasteiger partial charge in [0.05, 0.1) is 13.1 Å². The van der Waals surface area contributed by atoms with Crippen LogP contribution in [0.5, 0.6) is 0 Å². The summed E-state index contributed by atoms with van der Waals surface area (Å²) in [6.07, 6.45) is 47.4. The van der Waals surface area contributed by atoms with Gasteiger partial charge in [-0.25, -0.2) is 0 Å². The van der Waals surface area contributed by atoms with Gasteiger partial charge in [0, 0.05) is 0 Å². The molecule has 0 radical (unpaired) electrons. The lowest BCUT2D eigenvalue weighted by Crippen LogP contribution is -2.75. The summed E-state index contributed by atoms with van der Waals surface area (Å²) in [6, 6.07) is 0. The molecule has 2 heteroatoms. The fourth-order valence-electron chi connectivity index (χ4n) is 8.61. The first-order valence-electron chi connectivity index (χ1n) is 21.4. The molecular formula is C42H86N2+2. The van der Waals surface area contributed by atoms with Crippen molar-refractivity contribution in [2.24, 2.45) is 0 Å². The maximum atomic E-state index is 2.31. The highest BCUT2D eigenvalue weighted by Gasteiger charge is 2.48. The number of rotatable bonds is 34. The van der Waals surface area contributed by atoms with E-state index in [1.807, 2.05) is 0 Å². The van der Waals surface area contributed by atoms with Crippen LogP contribution in [0.25, 0.3) is 0 Å². The minimum Gasteiger partial charge on any atom is -0.310 e. The number of piperazine rings is 3. The number of quaternary nitrogens is 2. The summed E-state index contributed by atoms with van der Waals surface area (Å²) in [4.78, 5) is 0. The van der Waals surface area contributed by atoms with Gasteiger partial charge in [-0.15, -0.1) is 0 Å². The Labute approximate surface area is 280 Å². The van der Waals surface area contributed by atoms with Crippen molar-refractivity contribution in [3.8, 4) is 0 Å². The van der Waals surface area contributed by atoms with Gasteiger partial charge < -0.3 is 8.97 Å². The van der Waals surface area contributed by atoms with E-state index in [1.165, 1.54) is 267 Å². The highest BCUT2D eigenvalue weighted by atomic mass is 15.5. The van der Waals surface area contributed by atoms with Gasteiger partial charge in [0.15, 0.2) is 0 Å². The van der Waals surface area contributed by atoms with E-state index in [0.717, 1.165) is 0 Å². The van der Waals surface area contributed by atoms with Crippen molar-refractivity contribution in [3.63, 3.8) is 0 Å². The average molecular weight is 619 g/mol. The molecule has 0 aromatic heterocycles. The second-order valence-corrected chi connectivity index (χ2v) is 16.1. The number of hydrogen-bond donors (Lipinski definition) is 0. The van der Waals surface area contributed by atoms with Crippen LogP contribution < -0.4 is 0 Å². The monoisotopic (exact) mass is 619 g/mol. The third-order valence-corrected chi connectivity index (χ3v) is 12.1. The zero-order valence-electron chi connectivity index (χ0n) is 31.2. The van der Waals surface area contributed by atoms with E-state index < -0.39 is 0 Å². The third kappa shape index (κ3) is 20.2. The molecule has 44 heavy (non-hydrogen) atoms. The highest BCUT2D eigenvalue weighted by molar-refractivity contribution is 4.63. The summed E-state index contributed by atoms with van der Waals surface area (Å²) in [7, 11) is 0. The molecule has 0 amide bonds. The lowest BCUT2D eigenvalue weighted by molar-refractivity contribution is -1.08. The molecule has 0 saturated carbocycles. The number of unbranched alkanes of at least 4 members (excludes halogenated alkanes) is 30. The zero-order chi connectivity index (χ0) is 31.3. The van der Waals surface area contributed by atoms with Gasteiger partial charge in [-0.2, -0.15) is 0 Å². The van der Waals surface area contributed by atoms with Gasteiger partial charge in [0.2, 0.25) is 0 Å². The maximum absolute atomic E-state index is 2.31. The molecule has 0 aromatic rings. The van der Waals surface area contributed by atoms with Crippen LogP contribution in [0, 0.1) is 0 Å². The van der Waals surface area contributed by atoms with Crippen LogP contribution in [-0.4, -0.2) is 61.3 Å². The van der Waals surface area contributed by atoms with Gasteiger partial charge in [-0.1, -0.05) is 194 Å². The Morgan fingerprint density at radius 3 is 0.568 bits per heavy atom. The first-order chi connectivity index (χ1) is 21.7. The first kappa shape index (κ1) is 40.1. The van der Waals surface area contributed by atoms with E-state index in [2.05, 4.69) is 13.8 Å². The minimum atomic E-state index is 1.37. The van der Waals surface area contributed by atoms with Crippen LogP contribution in [-0.2, 0) is 0 Å². The van der Waals surface area contributed by atoms with Crippen molar-refractivity contribution in [2.45, 2.75) is 219 Å². The molecule has 0 aromatic carbocycles. The second-order valence-electron chi connectivity index (χ2n) is 16.1. The van der Waals surface area contributed by atoms with Crippen molar-refractivity contribution in [2.75, 3.05) is 52.4 Å². The topological polar surface area (TPSA) is 0 Å². The Bertz CT molecular complexity index is 524. The average Bonchev–Trinajstić information content (AvgIpc) is 3.05. The summed E-state index contributed by atoms with van der Waals surface area (Å²) >= 11 is 0. The molecule has 3 saturated heterocycles. The van der Waals surface area contributed by atoms with E-state index in [0.29, 0.717) is 0 Å². The summed E-state index contributed by atoms with van der Waals surface area (Å²) in [5, 5.41) is 0. The standard InChI is InChI=1S/C42H86N2/c1-3-5-7-9-11-13-15-17-19-21-23-25-27-29-31-33-35-43-37-40-44(41-38-43,42-39-43)36-34-32-30-28-26-24-22-20-18-16-14-12-10-8-6-4-2/h3-42H2,1-2H3/q+2. The Kier molecular flexibility index (Phi) is 25.5. The molecule has 2 nitrogen and oxygen atoms in total. The predicted molar refractivity (Wildman–Crippen MR) is 199 cm³/mol. The van der Waals surface area contributed by atoms with Crippen LogP contribution in [0.15, 0.2) is 0 Å². The van der Waals surface area contributed by atoms with Crippen LogP contribution in [0.1, 0.15) is 219 Å². The predicted octanol–water partition coefficient (Wildman–Crippen LogP) is 13.2. The third-order valence-electron chi connectivity index (χ3n) is 12.1. The molecule has 0 aliphatic carbocycles. The lowest BCUT2D eigenvalue weighted by Gasteiger charge is -2.55. The first-order valence-corrected chi connectivity index (χ1v) is 21.4. The molecule has 0 atom stereocenters. The van der Waals surface area contributed by atoms with Gasteiger partial charge in [-0.3, -0.25) is 0 Å². The van der Waals surface area contributed by atoms with Gasteiger partial charge in [0.1, 0.15) is 39.3 Å². The molecule has 3 rings (SSSR count). The lowest BCUT2D eigenvalue weighted by atomic mass is 10.0. The van der Waals surface area contributed by atoms with Crippen LogP contribution in [0.3, 0.4) is 0 Å². The van der Waals surface area contributed by atoms with Crippen molar-refractivity contribution < 1.29 is 8.97 Å². The van der Waals surface area contributed by atoms with Crippen molar-refractivity contribution >= 4 is 0 Å². The van der Waals surface area contributed by atoms with E-state index in [-0.39, 0.29) is 0 Å². The summed E-state index contributed by atoms with van der Waals surface area (Å²) in [5.41, 5.74) is 0. The molecule has 2 bridgehead atoms. The molecular weight excluding hydrogens is 532 g/mol. The molecule has 3 aliphatic heterocycles. The van der Waals surface area contributed by atoms with E-state index in [4.69, 9.17) is 0 Å². The van der Waals surface area contributed by atoms with E-state index in [1.54, 1.807) is 0 Å². The van der Waals surface area contributed by atoms with Crippen LogP contribution >= 0.6 is 0 Å².